The van der Waals surface area contributed by atoms with Gasteiger partial charge in [0.05, 0.1) is 4.47 Å². The van der Waals surface area contributed by atoms with Gasteiger partial charge in [-0.1, -0.05) is 42.5 Å². The van der Waals surface area contributed by atoms with Crippen LogP contribution in [0.3, 0.4) is 0 Å². The first kappa shape index (κ1) is 13.7. The minimum absolute atomic E-state index is 0.371. The van der Waals surface area contributed by atoms with Crippen molar-refractivity contribution in [3.05, 3.63) is 64.1 Å². The fourth-order valence-corrected chi connectivity index (χ4v) is 3.31. The summed E-state index contributed by atoms with van der Waals surface area (Å²) in [6.45, 7) is 2.97. The van der Waals surface area contributed by atoms with Gasteiger partial charge in [-0.05, 0) is 46.4 Å². The molecule has 2 aromatic carbocycles. The third kappa shape index (κ3) is 2.89. The summed E-state index contributed by atoms with van der Waals surface area (Å²) in [4.78, 5) is 2.42. The zero-order chi connectivity index (χ0) is 13.9. The molecule has 1 aliphatic heterocycles. The molecule has 2 nitrogen and oxygen atoms in total. The summed E-state index contributed by atoms with van der Waals surface area (Å²) in [7, 11) is 0. The van der Waals surface area contributed by atoms with E-state index in [0.717, 1.165) is 29.7 Å². The fourth-order valence-electron chi connectivity index (χ4n) is 2.90. The van der Waals surface area contributed by atoms with Crippen LogP contribution in [0.5, 0.6) is 5.75 Å². The number of nitrogens with zero attached hydrogens (tertiary/aromatic N) is 1. The molecule has 20 heavy (non-hydrogen) atoms. The van der Waals surface area contributed by atoms with Crippen LogP contribution in [0, 0.1) is 0 Å². The van der Waals surface area contributed by atoms with Gasteiger partial charge in [-0.25, -0.2) is 0 Å². The second kappa shape index (κ2) is 5.98. The highest BCUT2D eigenvalue weighted by Crippen LogP contribution is 2.32. The normalized spacial score (nSPS) is 19.4. The lowest BCUT2D eigenvalue weighted by atomic mass is 9.99. The molecule has 1 atom stereocenters. The molecule has 1 fully saturated rings. The van der Waals surface area contributed by atoms with Gasteiger partial charge >= 0.3 is 0 Å². The maximum Gasteiger partial charge on any atom is 0.134 e. The number of hydrogen-bond donors (Lipinski definition) is 1. The van der Waals surface area contributed by atoms with Crippen molar-refractivity contribution in [3.63, 3.8) is 0 Å². The smallest absolute Gasteiger partial charge is 0.134 e. The van der Waals surface area contributed by atoms with Gasteiger partial charge in [-0.3, -0.25) is 4.90 Å². The number of halogens is 1. The van der Waals surface area contributed by atoms with Crippen LogP contribution in [-0.2, 0) is 6.54 Å². The summed E-state index contributed by atoms with van der Waals surface area (Å²) in [6.07, 6.45) is 1.19. The Hall–Kier alpha value is -1.32. The Labute approximate surface area is 128 Å². The van der Waals surface area contributed by atoms with E-state index < -0.39 is 0 Å². The van der Waals surface area contributed by atoms with E-state index in [0.29, 0.717) is 11.7 Å². The molecule has 1 aliphatic rings. The minimum Gasteiger partial charge on any atom is -0.506 e. The van der Waals surface area contributed by atoms with Crippen LogP contribution in [0.15, 0.2) is 53.0 Å². The molecule has 1 heterocycles. The number of phenolic OH excluding ortho intramolecular Hbond substituents is 1. The standard InChI is InChI=1S/C17H18BrNO/c18-16-8-4-7-15(17(16)20)12-19-10-9-14(11-19)13-5-2-1-3-6-13/h1-8,14,20H,9-12H2. The highest BCUT2D eigenvalue weighted by Gasteiger charge is 2.24. The number of hydrogen-bond acceptors (Lipinski definition) is 2. The van der Waals surface area contributed by atoms with E-state index in [9.17, 15) is 5.11 Å². The number of rotatable bonds is 3. The molecule has 0 aromatic heterocycles. The first-order valence-electron chi connectivity index (χ1n) is 6.97. The SMILES string of the molecule is Oc1c(Br)cccc1CN1CCC(c2ccccc2)C1. The molecule has 3 heteroatoms. The van der Waals surface area contributed by atoms with E-state index in [1.807, 2.05) is 18.2 Å². The van der Waals surface area contributed by atoms with Crippen molar-refractivity contribution in [2.75, 3.05) is 13.1 Å². The Bertz CT molecular complexity index is 585. The quantitative estimate of drug-likeness (QED) is 0.913. The lowest BCUT2D eigenvalue weighted by Gasteiger charge is -2.17. The minimum atomic E-state index is 0.371. The first-order chi connectivity index (χ1) is 9.74. The van der Waals surface area contributed by atoms with Crippen molar-refractivity contribution < 1.29 is 5.11 Å². The van der Waals surface area contributed by atoms with Crippen molar-refractivity contribution in [3.8, 4) is 5.75 Å². The Morgan fingerprint density at radius 3 is 2.70 bits per heavy atom. The Morgan fingerprint density at radius 2 is 1.90 bits per heavy atom. The number of likely N-dealkylation sites (tertiary alicyclic amines) is 1. The van der Waals surface area contributed by atoms with Gasteiger partial charge in [0.2, 0.25) is 0 Å². The molecule has 1 N–H and O–H groups in total. The van der Waals surface area contributed by atoms with E-state index >= 15 is 0 Å². The predicted octanol–water partition coefficient (Wildman–Crippen LogP) is 4.14. The number of benzene rings is 2. The summed E-state index contributed by atoms with van der Waals surface area (Å²) in [5, 5.41) is 10.1. The maximum atomic E-state index is 10.1. The zero-order valence-corrected chi connectivity index (χ0v) is 12.9. The molecule has 0 radical (unpaired) electrons. The second-order valence-corrected chi connectivity index (χ2v) is 6.23. The van der Waals surface area contributed by atoms with Crippen LogP contribution >= 0.6 is 15.9 Å². The van der Waals surface area contributed by atoms with Gasteiger partial charge in [-0.15, -0.1) is 0 Å². The van der Waals surface area contributed by atoms with Gasteiger partial charge < -0.3 is 5.11 Å². The molecule has 0 saturated carbocycles. The molecule has 1 saturated heterocycles. The Morgan fingerprint density at radius 1 is 1.10 bits per heavy atom. The van der Waals surface area contributed by atoms with Crippen LogP contribution < -0.4 is 0 Å². The average Bonchev–Trinajstić information content (AvgIpc) is 2.93. The topological polar surface area (TPSA) is 23.5 Å². The second-order valence-electron chi connectivity index (χ2n) is 5.38. The summed E-state index contributed by atoms with van der Waals surface area (Å²) >= 11 is 3.38. The maximum absolute atomic E-state index is 10.1. The van der Waals surface area contributed by atoms with Crippen LogP contribution in [0.4, 0.5) is 0 Å². The molecule has 2 aromatic rings. The van der Waals surface area contributed by atoms with Crippen molar-refractivity contribution in [1.29, 1.82) is 0 Å². The third-order valence-electron chi connectivity index (χ3n) is 4.01. The first-order valence-corrected chi connectivity index (χ1v) is 7.77. The van der Waals surface area contributed by atoms with Crippen LogP contribution in [0.25, 0.3) is 0 Å². The number of para-hydroxylation sites is 1. The summed E-state index contributed by atoms with van der Waals surface area (Å²) < 4.78 is 0.772. The average molecular weight is 332 g/mol. The van der Waals surface area contributed by atoms with E-state index in [1.54, 1.807) is 0 Å². The lowest BCUT2D eigenvalue weighted by molar-refractivity contribution is 0.319. The van der Waals surface area contributed by atoms with Crippen LogP contribution in [-0.4, -0.2) is 23.1 Å². The van der Waals surface area contributed by atoms with Crippen molar-refractivity contribution in [2.24, 2.45) is 0 Å². The highest BCUT2D eigenvalue weighted by atomic mass is 79.9. The van der Waals surface area contributed by atoms with Gasteiger partial charge in [-0.2, -0.15) is 0 Å². The largest absolute Gasteiger partial charge is 0.506 e. The van der Waals surface area contributed by atoms with Crippen molar-refractivity contribution >= 4 is 15.9 Å². The van der Waals surface area contributed by atoms with E-state index in [1.165, 1.54) is 12.0 Å². The van der Waals surface area contributed by atoms with Crippen molar-refractivity contribution in [2.45, 2.75) is 18.9 Å². The van der Waals surface area contributed by atoms with Gasteiger partial charge in [0.1, 0.15) is 5.75 Å². The number of phenols is 1. The van der Waals surface area contributed by atoms with Gasteiger partial charge in [0.25, 0.3) is 0 Å². The molecule has 0 spiro atoms. The highest BCUT2D eigenvalue weighted by molar-refractivity contribution is 9.10. The summed E-state index contributed by atoms with van der Waals surface area (Å²) in [5.74, 6) is 0.987. The number of aromatic hydroxyl groups is 1. The molecule has 0 bridgehead atoms. The molecule has 0 aliphatic carbocycles. The molecular formula is C17H18BrNO. The molecule has 104 valence electrons. The monoisotopic (exact) mass is 331 g/mol. The fraction of sp³-hybridized carbons (Fsp3) is 0.294. The van der Waals surface area contributed by atoms with E-state index in [4.69, 9.17) is 0 Å². The lowest BCUT2D eigenvalue weighted by Crippen LogP contribution is -2.19. The van der Waals surface area contributed by atoms with E-state index in [2.05, 4.69) is 51.2 Å². The Balaban J connectivity index is 1.68. The predicted molar refractivity (Wildman–Crippen MR) is 84.9 cm³/mol. The summed E-state index contributed by atoms with van der Waals surface area (Å²) in [5.41, 5.74) is 2.42. The van der Waals surface area contributed by atoms with Gasteiger partial charge in [0.15, 0.2) is 0 Å². The molecule has 1 unspecified atom stereocenters. The Kier molecular flexibility index (Phi) is 4.08. The van der Waals surface area contributed by atoms with Crippen molar-refractivity contribution in [1.82, 2.24) is 4.90 Å². The molecule has 3 rings (SSSR count). The summed E-state index contributed by atoms with van der Waals surface area (Å²) in [6, 6.07) is 16.6. The third-order valence-corrected chi connectivity index (χ3v) is 4.65. The van der Waals surface area contributed by atoms with Crippen LogP contribution in [0.1, 0.15) is 23.5 Å². The molecular weight excluding hydrogens is 314 g/mol. The zero-order valence-electron chi connectivity index (χ0n) is 11.3. The van der Waals surface area contributed by atoms with Crippen LogP contribution in [0.2, 0.25) is 0 Å². The van der Waals surface area contributed by atoms with E-state index in [-0.39, 0.29) is 0 Å². The van der Waals surface area contributed by atoms with Gasteiger partial charge in [0, 0.05) is 18.7 Å². The molecule has 0 amide bonds.